The Balaban J connectivity index is 2.59. The standard InChI is InChI=1S/C11H20N4O/c1-4-8(5-2)6-13-11(16)9-7(3)14-15-10(9)12/h8H,4-6H2,1-3H3,(H,13,16)(H3,12,14,15). The first-order chi connectivity index (χ1) is 7.60. The van der Waals surface area contributed by atoms with Gasteiger partial charge >= 0.3 is 0 Å². The van der Waals surface area contributed by atoms with Crippen LogP contribution in [0.25, 0.3) is 0 Å². The van der Waals surface area contributed by atoms with Crippen LogP contribution >= 0.6 is 0 Å². The average molecular weight is 224 g/mol. The second-order valence-electron chi connectivity index (χ2n) is 4.00. The van der Waals surface area contributed by atoms with E-state index >= 15 is 0 Å². The Morgan fingerprint density at radius 1 is 1.50 bits per heavy atom. The van der Waals surface area contributed by atoms with E-state index in [2.05, 4.69) is 29.4 Å². The van der Waals surface area contributed by atoms with E-state index < -0.39 is 0 Å². The Kier molecular flexibility index (Phi) is 4.34. The van der Waals surface area contributed by atoms with Gasteiger partial charge in [-0.25, -0.2) is 0 Å². The molecule has 0 unspecified atom stereocenters. The van der Waals surface area contributed by atoms with E-state index in [1.54, 1.807) is 6.92 Å². The van der Waals surface area contributed by atoms with Crippen molar-refractivity contribution in [3.63, 3.8) is 0 Å². The van der Waals surface area contributed by atoms with Gasteiger partial charge in [0.2, 0.25) is 0 Å². The molecule has 0 atom stereocenters. The number of aromatic nitrogens is 2. The lowest BCUT2D eigenvalue weighted by molar-refractivity contribution is 0.0947. The first-order valence-corrected chi connectivity index (χ1v) is 5.68. The van der Waals surface area contributed by atoms with Gasteiger partial charge in [0.1, 0.15) is 5.56 Å². The number of aryl methyl sites for hydroxylation is 1. The van der Waals surface area contributed by atoms with Crippen molar-refractivity contribution in [2.24, 2.45) is 5.92 Å². The van der Waals surface area contributed by atoms with Crippen LogP contribution in [-0.2, 0) is 0 Å². The predicted molar refractivity (Wildman–Crippen MR) is 64.1 cm³/mol. The lowest BCUT2D eigenvalue weighted by atomic mass is 10.0. The van der Waals surface area contributed by atoms with Gasteiger partial charge in [0, 0.05) is 12.2 Å². The molecule has 1 amide bonds. The van der Waals surface area contributed by atoms with Crippen LogP contribution in [0.2, 0.25) is 0 Å². The van der Waals surface area contributed by atoms with Crippen molar-refractivity contribution >= 4 is 11.7 Å². The van der Waals surface area contributed by atoms with Gasteiger partial charge in [-0.15, -0.1) is 0 Å². The second-order valence-corrected chi connectivity index (χ2v) is 4.00. The van der Waals surface area contributed by atoms with Crippen molar-refractivity contribution in [2.75, 3.05) is 12.3 Å². The van der Waals surface area contributed by atoms with E-state index in [0.29, 0.717) is 23.7 Å². The molecule has 1 aromatic heterocycles. The van der Waals surface area contributed by atoms with E-state index in [-0.39, 0.29) is 11.7 Å². The molecule has 0 saturated heterocycles. The fourth-order valence-electron chi connectivity index (χ4n) is 1.64. The van der Waals surface area contributed by atoms with Gasteiger partial charge in [-0.1, -0.05) is 26.7 Å². The Hall–Kier alpha value is -1.52. The maximum Gasteiger partial charge on any atom is 0.256 e. The highest BCUT2D eigenvalue weighted by atomic mass is 16.1. The number of nitrogen functional groups attached to an aromatic ring is 1. The molecule has 1 aromatic rings. The number of rotatable bonds is 5. The van der Waals surface area contributed by atoms with E-state index in [9.17, 15) is 4.79 Å². The molecule has 0 aromatic carbocycles. The topological polar surface area (TPSA) is 83.8 Å². The van der Waals surface area contributed by atoms with Crippen molar-refractivity contribution in [3.05, 3.63) is 11.3 Å². The summed E-state index contributed by atoms with van der Waals surface area (Å²) in [5.74, 6) is 0.646. The van der Waals surface area contributed by atoms with E-state index in [1.807, 2.05) is 0 Å². The molecule has 0 saturated carbocycles. The number of nitrogens with two attached hydrogens (primary N) is 1. The maximum atomic E-state index is 11.8. The smallest absolute Gasteiger partial charge is 0.256 e. The monoisotopic (exact) mass is 224 g/mol. The maximum absolute atomic E-state index is 11.8. The van der Waals surface area contributed by atoms with Crippen molar-refractivity contribution in [1.29, 1.82) is 0 Å². The van der Waals surface area contributed by atoms with Crippen molar-refractivity contribution in [2.45, 2.75) is 33.6 Å². The quantitative estimate of drug-likeness (QED) is 0.708. The molecule has 0 radical (unpaired) electrons. The Bertz CT molecular complexity index is 335. The molecule has 1 rings (SSSR count). The van der Waals surface area contributed by atoms with Gasteiger partial charge in [0.15, 0.2) is 5.82 Å². The highest BCUT2D eigenvalue weighted by molar-refractivity contribution is 5.99. The van der Waals surface area contributed by atoms with Gasteiger partial charge in [0.25, 0.3) is 5.91 Å². The first-order valence-electron chi connectivity index (χ1n) is 5.68. The van der Waals surface area contributed by atoms with E-state index in [1.165, 1.54) is 0 Å². The number of hydrogen-bond acceptors (Lipinski definition) is 3. The van der Waals surface area contributed by atoms with Gasteiger partial charge in [-0.05, 0) is 12.8 Å². The summed E-state index contributed by atoms with van der Waals surface area (Å²) < 4.78 is 0. The normalized spacial score (nSPS) is 10.8. The molecule has 0 fully saturated rings. The van der Waals surface area contributed by atoms with Crippen molar-refractivity contribution in [3.8, 4) is 0 Å². The van der Waals surface area contributed by atoms with Gasteiger partial charge in [-0.2, -0.15) is 5.10 Å². The highest BCUT2D eigenvalue weighted by Gasteiger charge is 2.16. The summed E-state index contributed by atoms with van der Waals surface area (Å²) in [6, 6.07) is 0. The number of anilines is 1. The fraction of sp³-hybridized carbons (Fsp3) is 0.636. The number of aromatic amines is 1. The average Bonchev–Trinajstić information content (AvgIpc) is 2.60. The molecule has 0 aliphatic carbocycles. The van der Waals surface area contributed by atoms with Crippen LogP contribution in [-0.4, -0.2) is 22.6 Å². The fourth-order valence-corrected chi connectivity index (χ4v) is 1.64. The lowest BCUT2D eigenvalue weighted by Gasteiger charge is -2.13. The summed E-state index contributed by atoms with van der Waals surface area (Å²) in [6.07, 6.45) is 2.13. The van der Waals surface area contributed by atoms with Crippen LogP contribution in [0.1, 0.15) is 42.7 Å². The molecular formula is C11H20N4O. The van der Waals surface area contributed by atoms with E-state index in [4.69, 9.17) is 5.73 Å². The number of nitrogens with one attached hydrogen (secondary N) is 2. The summed E-state index contributed by atoms with van der Waals surface area (Å²) in [7, 11) is 0. The van der Waals surface area contributed by atoms with Gasteiger partial charge < -0.3 is 11.1 Å². The van der Waals surface area contributed by atoms with Crippen LogP contribution < -0.4 is 11.1 Å². The molecule has 5 heteroatoms. The summed E-state index contributed by atoms with van der Waals surface area (Å²) in [5, 5.41) is 9.38. The Morgan fingerprint density at radius 3 is 2.56 bits per heavy atom. The van der Waals surface area contributed by atoms with Crippen LogP contribution in [0.5, 0.6) is 0 Å². The molecule has 0 spiro atoms. The summed E-state index contributed by atoms with van der Waals surface area (Å²) >= 11 is 0. The summed E-state index contributed by atoms with van der Waals surface area (Å²) in [4.78, 5) is 11.8. The third-order valence-corrected chi connectivity index (χ3v) is 2.91. The minimum atomic E-state index is -0.143. The van der Waals surface area contributed by atoms with Crippen LogP contribution in [0.15, 0.2) is 0 Å². The molecule has 5 nitrogen and oxygen atoms in total. The summed E-state index contributed by atoms with van der Waals surface area (Å²) in [5.41, 5.74) is 6.78. The van der Waals surface area contributed by atoms with Crippen LogP contribution in [0.4, 0.5) is 5.82 Å². The molecule has 1 heterocycles. The number of nitrogens with zero attached hydrogens (tertiary/aromatic N) is 1. The van der Waals surface area contributed by atoms with Gasteiger partial charge in [0.05, 0.1) is 0 Å². The Morgan fingerprint density at radius 2 is 2.12 bits per heavy atom. The minimum absolute atomic E-state index is 0.143. The molecule has 0 bridgehead atoms. The number of carbonyl (C=O) groups is 1. The zero-order valence-corrected chi connectivity index (χ0v) is 10.1. The second kappa shape index (κ2) is 5.53. The zero-order valence-electron chi connectivity index (χ0n) is 10.1. The largest absolute Gasteiger partial charge is 0.382 e. The molecule has 90 valence electrons. The first kappa shape index (κ1) is 12.5. The number of hydrogen-bond donors (Lipinski definition) is 3. The zero-order chi connectivity index (χ0) is 12.1. The third-order valence-electron chi connectivity index (χ3n) is 2.91. The SMILES string of the molecule is CCC(CC)CNC(=O)c1c(N)n[nH]c1C. The molecule has 0 aliphatic heterocycles. The summed E-state index contributed by atoms with van der Waals surface area (Å²) in [6.45, 7) is 6.72. The molecule has 0 aliphatic rings. The number of carbonyl (C=O) groups excluding carboxylic acids is 1. The number of H-pyrrole nitrogens is 1. The molecular weight excluding hydrogens is 204 g/mol. The molecule has 4 N–H and O–H groups in total. The minimum Gasteiger partial charge on any atom is -0.382 e. The third kappa shape index (κ3) is 2.74. The number of amides is 1. The van der Waals surface area contributed by atoms with Crippen LogP contribution in [0, 0.1) is 12.8 Å². The molecule has 16 heavy (non-hydrogen) atoms. The van der Waals surface area contributed by atoms with Gasteiger partial charge in [-0.3, -0.25) is 9.89 Å². The van der Waals surface area contributed by atoms with Crippen molar-refractivity contribution in [1.82, 2.24) is 15.5 Å². The lowest BCUT2D eigenvalue weighted by Crippen LogP contribution is -2.29. The Labute approximate surface area is 95.8 Å². The highest BCUT2D eigenvalue weighted by Crippen LogP contribution is 2.12. The predicted octanol–water partition coefficient (Wildman–Crippen LogP) is 1.47. The van der Waals surface area contributed by atoms with E-state index in [0.717, 1.165) is 12.8 Å². The van der Waals surface area contributed by atoms with Crippen molar-refractivity contribution < 1.29 is 4.79 Å². The van der Waals surface area contributed by atoms with Crippen LogP contribution in [0.3, 0.4) is 0 Å².